The van der Waals surface area contributed by atoms with Gasteiger partial charge in [-0.15, -0.1) is 11.3 Å². The van der Waals surface area contributed by atoms with E-state index in [1.54, 1.807) is 17.5 Å². The summed E-state index contributed by atoms with van der Waals surface area (Å²) in [5, 5.41) is 5.86. The molecule has 3 nitrogen and oxygen atoms in total. The number of nitrogens with one attached hydrogen (secondary N) is 1. The van der Waals surface area contributed by atoms with Crippen LogP contribution in [0.4, 0.5) is 0 Å². The van der Waals surface area contributed by atoms with E-state index >= 15 is 0 Å². The Morgan fingerprint density at radius 3 is 2.78 bits per heavy atom. The fraction of sp³-hybridized carbons (Fsp3) is 0.286. The summed E-state index contributed by atoms with van der Waals surface area (Å²) in [6, 6.07) is 8.18. The second kappa shape index (κ2) is 6.31. The molecule has 2 aromatic rings. The van der Waals surface area contributed by atoms with Crippen LogP contribution in [0.5, 0.6) is 0 Å². The van der Waals surface area contributed by atoms with Crippen molar-refractivity contribution in [3.8, 4) is 0 Å². The van der Waals surface area contributed by atoms with E-state index in [1.807, 2.05) is 17.5 Å². The Labute approximate surface area is 111 Å². The zero-order valence-corrected chi connectivity index (χ0v) is 11.2. The molecule has 1 heterocycles. The Morgan fingerprint density at radius 2 is 2.11 bits per heavy atom. The van der Waals surface area contributed by atoms with Crippen LogP contribution in [0.25, 0.3) is 0 Å². The molecule has 0 aliphatic rings. The van der Waals surface area contributed by atoms with Gasteiger partial charge in [0.05, 0.1) is 5.01 Å². The highest BCUT2D eigenvalue weighted by Gasteiger charge is 2.03. The van der Waals surface area contributed by atoms with Gasteiger partial charge in [-0.05, 0) is 12.5 Å². The van der Waals surface area contributed by atoms with Gasteiger partial charge in [-0.2, -0.15) is 0 Å². The zero-order valence-electron chi connectivity index (χ0n) is 10.3. The maximum atomic E-state index is 11.6. The molecule has 1 aromatic carbocycles. The van der Waals surface area contributed by atoms with Crippen molar-refractivity contribution in [1.82, 2.24) is 10.3 Å². The van der Waals surface area contributed by atoms with E-state index < -0.39 is 0 Å². The van der Waals surface area contributed by atoms with E-state index in [1.165, 1.54) is 5.56 Å². The summed E-state index contributed by atoms with van der Waals surface area (Å²) in [5.41, 5.74) is 2.36. The Morgan fingerprint density at radius 1 is 1.33 bits per heavy atom. The third-order valence-corrected chi connectivity index (χ3v) is 3.50. The van der Waals surface area contributed by atoms with E-state index in [2.05, 4.69) is 29.4 Å². The zero-order chi connectivity index (χ0) is 12.8. The lowest BCUT2D eigenvalue weighted by atomic mass is 10.1. The van der Waals surface area contributed by atoms with Crippen molar-refractivity contribution in [2.75, 3.05) is 0 Å². The first-order valence-electron chi connectivity index (χ1n) is 5.94. The number of aryl methyl sites for hydroxylation is 2. The number of aromatic nitrogens is 1. The molecule has 94 valence electrons. The number of carbonyl (C=O) groups excluding carboxylic acids is 1. The van der Waals surface area contributed by atoms with Gasteiger partial charge in [0.1, 0.15) is 0 Å². The molecule has 0 bridgehead atoms. The highest BCUT2D eigenvalue weighted by molar-refractivity contribution is 7.09. The highest BCUT2D eigenvalue weighted by Crippen LogP contribution is 2.07. The smallest absolute Gasteiger partial charge is 0.220 e. The summed E-state index contributed by atoms with van der Waals surface area (Å²) in [6.45, 7) is 2.65. The summed E-state index contributed by atoms with van der Waals surface area (Å²) in [5.74, 6) is 0.0748. The second-order valence-corrected chi connectivity index (χ2v) is 5.17. The van der Waals surface area contributed by atoms with E-state index in [0.717, 1.165) is 17.0 Å². The molecule has 1 N–H and O–H groups in total. The molecule has 18 heavy (non-hydrogen) atoms. The molecule has 0 radical (unpaired) electrons. The minimum atomic E-state index is 0.0748. The number of hydrogen-bond donors (Lipinski definition) is 1. The monoisotopic (exact) mass is 260 g/mol. The lowest BCUT2D eigenvalue weighted by Crippen LogP contribution is -2.22. The van der Waals surface area contributed by atoms with E-state index in [-0.39, 0.29) is 5.91 Å². The van der Waals surface area contributed by atoms with E-state index in [4.69, 9.17) is 0 Å². The van der Waals surface area contributed by atoms with Gasteiger partial charge in [-0.3, -0.25) is 4.79 Å². The summed E-state index contributed by atoms with van der Waals surface area (Å²) in [7, 11) is 0. The normalized spacial score (nSPS) is 10.3. The number of rotatable bonds is 5. The minimum Gasteiger partial charge on any atom is -0.352 e. The first kappa shape index (κ1) is 12.8. The van der Waals surface area contributed by atoms with Crippen molar-refractivity contribution in [2.45, 2.75) is 26.3 Å². The van der Waals surface area contributed by atoms with Crippen LogP contribution in [-0.4, -0.2) is 10.9 Å². The van der Waals surface area contributed by atoms with Crippen LogP contribution in [-0.2, 0) is 17.8 Å². The lowest BCUT2D eigenvalue weighted by molar-refractivity contribution is -0.121. The Hall–Kier alpha value is -1.68. The standard InChI is InChI=1S/C14H16N2OS/c1-11-2-4-12(5-3-11)10-16-13(17)6-7-14-15-8-9-18-14/h2-5,8-9H,6-7,10H2,1H3,(H,16,17). The van der Waals surface area contributed by atoms with Crippen LogP contribution in [0, 0.1) is 6.92 Å². The molecule has 0 saturated heterocycles. The first-order chi connectivity index (χ1) is 8.74. The fourth-order valence-corrected chi connectivity index (χ4v) is 2.21. The molecule has 0 aliphatic carbocycles. The molecule has 2 rings (SSSR count). The van der Waals surface area contributed by atoms with Crippen molar-refractivity contribution in [3.05, 3.63) is 52.0 Å². The molecule has 1 aromatic heterocycles. The molecule has 0 fully saturated rings. The summed E-state index contributed by atoms with van der Waals surface area (Å²) in [6.07, 6.45) is 2.99. The highest BCUT2D eigenvalue weighted by atomic mass is 32.1. The maximum Gasteiger partial charge on any atom is 0.220 e. The number of carbonyl (C=O) groups is 1. The molecule has 0 atom stereocenters. The third-order valence-electron chi connectivity index (χ3n) is 2.66. The average Bonchev–Trinajstić information content (AvgIpc) is 2.89. The van der Waals surface area contributed by atoms with Crippen LogP contribution in [0.1, 0.15) is 22.6 Å². The number of hydrogen-bond acceptors (Lipinski definition) is 3. The SMILES string of the molecule is Cc1ccc(CNC(=O)CCc2nccs2)cc1. The van der Waals surface area contributed by atoms with Crippen LogP contribution in [0.2, 0.25) is 0 Å². The Balaban J connectivity index is 1.73. The van der Waals surface area contributed by atoms with Gasteiger partial charge in [-0.1, -0.05) is 29.8 Å². The van der Waals surface area contributed by atoms with Crippen molar-refractivity contribution < 1.29 is 4.79 Å². The predicted octanol–water partition coefficient (Wildman–Crippen LogP) is 2.70. The maximum absolute atomic E-state index is 11.6. The van der Waals surface area contributed by atoms with Gasteiger partial charge in [0, 0.05) is 31.0 Å². The van der Waals surface area contributed by atoms with E-state index in [9.17, 15) is 4.79 Å². The largest absolute Gasteiger partial charge is 0.352 e. The molecule has 4 heteroatoms. The first-order valence-corrected chi connectivity index (χ1v) is 6.82. The van der Waals surface area contributed by atoms with Crippen LogP contribution >= 0.6 is 11.3 Å². The Kier molecular flexibility index (Phi) is 4.47. The molecule has 0 saturated carbocycles. The average molecular weight is 260 g/mol. The quantitative estimate of drug-likeness (QED) is 0.898. The summed E-state index contributed by atoms with van der Waals surface area (Å²) in [4.78, 5) is 15.8. The minimum absolute atomic E-state index is 0.0748. The number of thiazole rings is 1. The van der Waals surface area contributed by atoms with Crippen LogP contribution in [0.15, 0.2) is 35.8 Å². The van der Waals surface area contributed by atoms with Crippen molar-refractivity contribution in [2.24, 2.45) is 0 Å². The Bertz CT molecular complexity index is 491. The lowest BCUT2D eigenvalue weighted by Gasteiger charge is -2.05. The summed E-state index contributed by atoms with van der Waals surface area (Å²) < 4.78 is 0. The molecular formula is C14H16N2OS. The predicted molar refractivity (Wildman–Crippen MR) is 73.5 cm³/mol. The van der Waals surface area contributed by atoms with Gasteiger partial charge in [0.15, 0.2) is 0 Å². The molecule has 0 unspecified atom stereocenters. The topological polar surface area (TPSA) is 42.0 Å². The van der Waals surface area contributed by atoms with Crippen LogP contribution < -0.4 is 5.32 Å². The molecule has 1 amide bonds. The van der Waals surface area contributed by atoms with Crippen molar-refractivity contribution in [1.29, 1.82) is 0 Å². The summed E-state index contributed by atoms with van der Waals surface area (Å²) >= 11 is 1.59. The molecule has 0 aliphatic heterocycles. The van der Waals surface area contributed by atoms with Crippen LogP contribution in [0.3, 0.4) is 0 Å². The van der Waals surface area contributed by atoms with Gasteiger partial charge in [0.25, 0.3) is 0 Å². The van der Waals surface area contributed by atoms with Crippen molar-refractivity contribution in [3.63, 3.8) is 0 Å². The third kappa shape index (κ3) is 3.96. The fourth-order valence-electron chi connectivity index (χ4n) is 1.59. The molecule has 0 spiro atoms. The van der Waals surface area contributed by atoms with Gasteiger partial charge in [-0.25, -0.2) is 4.98 Å². The van der Waals surface area contributed by atoms with Gasteiger partial charge >= 0.3 is 0 Å². The van der Waals surface area contributed by atoms with Crippen molar-refractivity contribution >= 4 is 17.2 Å². The number of nitrogens with zero attached hydrogens (tertiary/aromatic N) is 1. The van der Waals surface area contributed by atoms with Gasteiger partial charge in [0.2, 0.25) is 5.91 Å². The van der Waals surface area contributed by atoms with E-state index in [0.29, 0.717) is 13.0 Å². The molecular weight excluding hydrogens is 244 g/mol. The second-order valence-electron chi connectivity index (χ2n) is 4.19. The number of benzene rings is 1. The van der Waals surface area contributed by atoms with Gasteiger partial charge < -0.3 is 5.32 Å². The number of amides is 1.